The molecule has 0 radical (unpaired) electrons. The molecule has 0 spiro atoms. The molecule has 136 valence electrons. The number of benzene rings is 2. The maximum atomic E-state index is 12.1. The van der Waals surface area contributed by atoms with Gasteiger partial charge in [0.05, 0.1) is 20.6 Å². The van der Waals surface area contributed by atoms with Crippen molar-refractivity contribution < 1.29 is 19.0 Å². The lowest BCUT2D eigenvalue weighted by atomic mass is 10.1. The van der Waals surface area contributed by atoms with Gasteiger partial charge >= 0.3 is 0 Å². The fraction of sp³-hybridized carbons (Fsp3) is 0.286. The van der Waals surface area contributed by atoms with Crippen LogP contribution in [0.25, 0.3) is 0 Å². The molecule has 5 heteroatoms. The monoisotopic (exact) mass is 353 g/mol. The van der Waals surface area contributed by atoms with E-state index in [1.165, 1.54) is 0 Å². The number of hydrogen-bond acceptors (Lipinski definition) is 4. The Morgan fingerprint density at radius 3 is 2.38 bits per heavy atom. The third-order valence-corrected chi connectivity index (χ3v) is 3.79. The summed E-state index contributed by atoms with van der Waals surface area (Å²) in [7, 11) is 3.16. The number of ether oxygens (including phenoxy) is 3. The Morgan fingerprint density at radius 1 is 1.04 bits per heavy atom. The molecular formula is C21H23NO4. The molecule has 2 aromatic rings. The zero-order chi connectivity index (χ0) is 18.8. The lowest BCUT2D eigenvalue weighted by molar-refractivity contribution is -0.120. The van der Waals surface area contributed by atoms with Crippen LogP contribution in [0.3, 0.4) is 0 Å². The molecule has 0 atom stereocenters. The summed E-state index contributed by atoms with van der Waals surface area (Å²) in [6.45, 7) is 0.822. The van der Waals surface area contributed by atoms with Crippen molar-refractivity contribution in [2.75, 3.05) is 27.4 Å². The number of hydrogen-bond donors (Lipinski definition) is 1. The van der Waals surface area contributed by atoms with Crippen LogP contribution >= 0.6 is 0 Å². The van der Waals surface area contributed by atoms with E-state index in [2.05, 4.69) is 11.2 Å². The van der Waals surface area contributed by atoms with E-state index in [9.17, 15) is 4.79 Å². The molecule has 0 aliphatic heterocycles. The molecule has 0 unspecified atom stereocenters. The summed E-state index contributed by atoms with van der Waals surface area (Å²) >= 11 is 0. The Kier molecular flexibility index (Phi) is 7.38. The summed E-state index contributed by atoms with van der Waals surface area (Å²) < 4.78 is 15.8. The van der Waals surface area contributed by atoms with Crippen molar-refractivity contribution in [1.29, 1.82) is 0 Å². The second kappa shape index (κ2) is 10.00. The zero-order valence-corrected chi connectivity index (χ0v) is 15.1. The third-order valence-electron chi connectivity index (χ3n) is 3.79. The predicted molar refractivity (Wildman–Crippen MR) is 101 cm³/mol. The van der Waals surface area contributed by atoms with Gasteiger partial charge in [-0.15, -0.1) is 6.42 Å². The molecule has 0 heterocycles. The van der Waals surface area contributed by atoms with E-state index < -0.39 is 0 Å². The Balaban J connectivity index is 1.79. The molecule has 5 nitrogen and oxygen atoms in total. The molecule has 0 saturated heterocycles. The van der Waals surface area contributed by atoms with Crippen LogP contribution in [-0.2, 0) is 17.6 Å². The molecular weight excluding hydrogens is 330 g/mol. The van der Waals surface area contributed by atoms with Gasteiger partial charge in [-0.2, -0.15) is 0 Å². The molecule has 0 aliphatic rings. The maximum Gasteiger partial charge on any atom is 0.224 e. The number of terminal acetylenes is 1. The summed E-state index contributed by atoms with van der Waals surface area (Å²) in [6, 6.07) is 13.1. The quantitative estimate of drug-likeness (QED) is 0.704. The largest absolute Gasteiger partial charge is 0.493 e. The van der Waals surface area contributed by atoms with Gasteiger partial charge < -0.3 is 19.5 Å². The summed E-state index contributed by atoms with van der Waals surface area (Å²) in [5.41, 5.74) is 1.99. The molecule has 0 fully saturated rings. The highest BCUT2D eigenvalue weighted by Gasteiger charge is 2.08. The van der Waals surface area contributed by atoms with Gasteiger partial charge in [-0.05, 0) is 41.8 Å². The molecule has 0 saturated carbocycles. The smallest absolute Gasteiger partial charge is 0.224 e. The van der Waals surface area contributed by atoms with Crippen LogP contribution in [0.15, 0.2) is 42.5 Å². The van der Waals surface area contributed by atoms with Crippen molar-refractivity contribution in [2.45, 2.75) is 12.8 Å². The minimum atomic E-state index is -0.0359. The standard InChI is InChI=1S/C21H23NO4/c1-4-13-26-18-8-5-16(6-9-18)11-12-22-21(23)15-17-7-10-19(24-2)20(14-17)25-3/h1,5-10,14H,11-13,15H2,2-3H3,(H,22,23). The van der Waals surface area contributed by atoms with Gasteiger partial charge in [0.1, 0.15) is 12.4 Å². The van der Waals surface area contributed by atoms with E-state index in [0.29, 0.717) is 24.5 Å². The number of methoxy groups -OCH3 is 2. The van der Waals surface area contributed by atoms with E-state index in [1.807, 2.05) is 36.4 Å². The van der Waals surface area contributed by atoms with E-state index in [4.69, 9.17) is 20.6 Å². The predicted octanol–water partition coefficient (Wildman–Crippen LogP) is 2.62. The highest BCUT2D eigenvalue weighted by molar-refractivity contribution is 5.78. The van der Waals surface area contributed by atoms with Gasteiger partial charge in [-0.1, -0.05) is 24.1 Å². The van der Waals surface area contributed by atoms with Crippen LogP contribution < -0.4 is 19.5 Å². The first-order valence-corrected chi connectivity index (χ1v) is 8.29. The molecule has 0 aliphatic carbocycles. The molecule has 26 heavy (non-hydrogen) atoms. The van der Waals surface area contributed by atoms with Crippen molar-refractivity contribution in [3.63, 3.8) is 0 Å². The number of rotatable bonds is 9. The topological polar surface area (TPSA) is 56.8 Å². The van der Waals surface area contributed by atoms with Crippen LogP contribution in [0.4, 0.5) is 0 Å². The fourth-order valence-electron chi connectivity index (χ4n) is 2.46. The number of amides is 1. The van der Waals surface area contributed by atoms with Gasteiger partial charge in [-0.25, -0.2) is 0 Å². The van der Waals surface area contributed by atoms with E-state index in [1.54, 1.807) is 20.3 Å². The molecule has 0 bridgehead atoms. The average Bonchev–Trinajstić information content (AvgIpc) is 2.67. The molecule has 2 rings (SSSR count). The molecule has 0 aromatic heterocycles. The van der Waals surface area contributed by atoms with Crippen molar-refractivity contribution in [3.05, 3.63) is 53.6 Å². The van der Waals surface area contributed by atoms with Gasteiger partial charge in [0, 0.05) is 6.54 Å². The highest BCUT2D eigenvalue weighted by Crippen LogP contribution is 2.27. The minimum Gasteiger partial charge on any atom is -0.493 e. The van der Waals surface area contributed by atoms with E-state index >= 15 is 0 Å². The molecule has 1 amide bonds. The summed E-state index contributed by atoms with van der Waals surface area (Å²) in [5.74, 6) is 4.39. The third kappa shape index (κ3) is 5.75. The Labute approximate surface area is 154 Å². The van der Waals surface area contributed by atoms with Gasteiger partial charge in [0.25, 0.3) is 0 Å². The van der Waals surface area contributed by atoms with Crippen molar-refractivity contribution in [2.24, 2.45) is 0 Å². The maximum absolute atomic E-state index is 12.1. The van der Waals surface area contributed by atoms with E-state index in [0.717, 1.165) is 23.3 Å². The zero-order valence-electron chi connectivity index (χ0n) is 15.1. The van der Waals surface area contributed by atoms with Crippen molar-refractivity contribution >= 4 is 5.91 Å². The van der Waals surface area contributed by atoms with Crippen molar-refractivity contribution in [3.8, 4) is 29.6 Å². The minimum absolute atomic E-state index is 0.0359. The first-order valence-electron chi connectivity index (χ1n) is 8.29. The van der Waals surface area contributed by atoms with Gasteiger partial charge in [-0.3, -0.25) is 4.79 Å². The molecule has 1 N–H and O–H groups in total. The lowest BCUT2D eigenvalue weighted by Crippen LogP contribution is -2.27. The van der Waals surface area contributed by atoms with Crippen LogP contribution in [-0.4, -0.2) is 33.3 Å². The summed E-state index contributed by atoms with van der Waals surface area (Å²) in [6.07, 6.45) is 6.19. The number of carbonyl (C=O) groups is 1. The first kappa shape index (κ1) is 19.2. The van der Waals surface area contributed by atoms with Crippen LogP contribution in [0.1, 0.15) is 11.1 Å². The van der Waals surface area contributed by atoms with Gasteiger partial charge in [0.15, 0.2) is 11.5 Å². The summed E-state index contributed by atoms with van der Waals surface area (Å²) in [4.78, 5) is 12.1. The summed E-state index contributed by atoms with van der Waals surface area (Å²) in [5, 5.41) is 2.93. The van der Waals surface area contributed by atoms with Crippen LogP contribution in [0.5, 0.6) is 17.2 Å². The molecule has 2 aromatic carbocycles. The Hall–Kier alpha value is -3.13. The van der Waals surface area contributed by atoms with E-state index in [-0.39, 0.29) is 12.5 Å². The number of nitrogens with one attached hydrogen (secondary N) is 1. The normalized spacial score (nSPS) is 9.88. The second-order valence-corrected chi connectivity index (χ2v) is 5.60. The highest BCUT2D eigenvalue weighted by atomic mass is 16.5. The van der Waals surface area contributed by atoms with Gasteiger partial charge in [0.2, 0.25) is 5.91 Å². The van der Waals surface area contributed by atoms with Crippen molar-refractivity contribution in [1.82, 2.24) is 5.32 Å². The Morgan fingerprint density at radius 2 is 1.73 bits per heavy atom. The fourth-order valence-corrected chi connectivity index (χ4v) is 2.46. The number of carbonyl (C=O) groups excluding carboxylic acids is 1. The average molecular weight is 353 g/mol. The Bertz CT molecular complexity index is 763. The SMILES string of the molecule is C#CCOc1ccc(CCNC(=O)Cc2ccc(OC)c(OC)c2)cc1. The second-order valence-electron chi connectivity index (χ2n) is 5.60. The first-order chi connectivity index (χ1) is 12.7. The van der Waals surface area contributed by atoms with Crippen LogP contribution in [0, 0.1) is 12.3 Å². The van der Waals surface area contributed by atoms with Crippen LogP contribution in [0.2, 0.25) is 0 Å². The lowest BCUT2D eigenvalue weighted by Gasteiger charge is -2.10.